The molecule has 2 rings (SSSR count). The van der Waals surface area contributed by atoms with E-state index < -0.39 is 26.7 Å². The van der Waals surface area contributed by atoms with Gasteiger partial charge in [0.1, 0.15) is 0 Å². The van der Waals surface area contributed by atoms with Gasteiger partial charge in [0, 0.05) is 18.1 Å². The number of sulfonamides is 1. The number of hydrogen-bond acceptors (Lipinski definition) is 3. The van der Waals surface area contributed by atoms with Crippen molar-refractivity contribution in [1.29, 1.82) is 0 Å². The highest BCUT2D eigenvalue weighted by Gasteiger charge is 2.40. The van der Waals surface area contributed by atoms with Crippen LogP contribution in [0, 0.1) is 0 Å². The molecule has 0 saturated carbocycles. The van der Waals surface area contributed by atoms with Crippen LogP contribution in [0.5, 0.6) is 0 Å². The Hall–Kier alpha value is -0.830. The topological polar surface area (TPSA) is 46.6 Å². The molecule has 1 heterocycles. The minimum absolute atomic E-state index is 0.0161. The first-order valence-corrected chi connectivity index (χ1v) is 7.92. The van der Waals surface area contributed by atoms with Gasteiger partial charge in [-0.3, -0.25) is 0 Å². The van der Waals surface area contributed by atoms with Crippen LogP contribution in [0.15, 0.2) is 23.1 Å². The maximum absolute atomic E-state index is 13.0. The van der Waals surface area contributed by atoms with Crippen molar-refractivity contribution in [3.63, 3.8) is 0 Å². The van der Waals surface area contributed by atoms with Crippen molar-refractivity contribution < 1.29 is 26.3 Å². The first kappa shape index (κ1) is 16.5. The molecule has 1 fully saturated rings. The van der Waals surface area contributed by atoms with Crippen molar-refractivity contribution >= 4 is 21.6 Å². The SMILES string of the molecule is C[C@H]1CN(S(=O)(=O)c2ccc(Cl)cc2C(F)(F)F)CCO1. The van der Waals surface area contributed by atoms with Gasteiger partial charge in [0.2, 0.25) is 10.0 Å². The number of rotatable bonds is 2. The van der Waals surface area contributed by atoms with E-state index >= 15 is 0 Å². The van der Waals surface area contributed by atoms with Crippen LogP contribution in [0.25, 0.3) is 0 Å². The van der Waals surface area contributed by atoms with Gasteiger partial charge < -0.3 is 4.74 Å². The first-order valence-electron chi connectivity index (χ1n) is 6.11. The molecule has 0 aromatic heterocycles. The van der Waals surface area contributed by atoms with Crippen LogP contribution in [-0.2, 0) is 20.9 Å². The second-order valence-electron chi connectivity index (χ2n) is 4.68. The fourth-order valence-electron chi connectivity index (χ4n) is 2.09. The summed E-state index contributed by atoms with van der Waals surface area (Å²) in [6.45, 7) is 1.85. The molecule has 0 spiro atoms. The zero-order valence-corrected chi connectivity index (χ0v) is 12.6. The number of morpholine rings is 1. The number of hydrogen-bond donors (Lipinski definition) is 0. The van der Waals surface area contributed by atoms with Gasteiger partial charge in [0.05, 0.1) is 23.2 Å². The van der Waals surface area contributed by atoms with Crippen molar-refractivity contribution in [1.82, 2.24) is 4.31 Å². The summed E-state index contributed by atoms with van der Waals surface area (Å²) < 4.78 is 70.2. The normalized spacial score (nSPS) is 21.5. The van der Waals surface area contributed by atoms with E-state index in [4.69, 9.17) is 16.3 Å². The van der Waals surface area contributed by atoms with Gasteiger partial charge in [-0.05, 0) is 25.1 Å². The number of benzene rings is 1. The number of halogens is 4. The van der Waals surface area contributed by atoms with E-state index in [0.29, 0.717) is 6.07 Å². The maximum Gasteiger partial charge on any atom is 0.417 e. The molecule has 0 aliphatic carbocycles. The van der Waals surface area contributed by atoms with E-state index in [1.54, 1.807) is 6.92 Å². The van der Waals surface area contributed by atoms with Crippen LogP contribution in [0.3, 0.4) is 0 Å². The Morgan fingerprint density at radius 1 is 1.38 bits per heavy atom. The molecule has 9 heteroatoms. The maximum atomic E-state index is 13.0. The van der Waals surface area contributed by atoms with Crippen molar-refractivity contribution in [2.45, 2.75) is 24.1 Å². The molecule has 1 aromatic carbocycles. The molecule has 0 N–H and O–H groups in total. The van der Waals surface area contributed by atoms with E-state index in [0.717, 1.165) is 16.4 Å². The van der Waals surface area contributed by atoms with Crippen molar-refractivity contribution in [3.05, 3.63) is 28.8 Å². The lowest BCUT2D eigenvalue weighted by atomic mass is 10.2. The molecular weight excluding hydrogens is 331 g/mol. The Morgan fingerprint density at radius 2 is 2.05 bits per heavy atom. The summed E-state index contributed by atoms with van der Waals surface area (Å²) in [6.07, 6.45) is -5.17. The predicted octanol–water partition coefficient (Wildman–Crippen LogP) is 2.77. The van der Waals surface area contributed by atoms with Crippen LogP contribution in [0.4, 0.5) is 13.2 Å². The minimum Gasteiger partial charge on any atom is -0.376 e. The number of nitrogens with zero attached hydrogens (tertiary/aromatic N) is 1. The molecule has 1 aliphatic rings. The third kappa shape index (κ3) is 3.50. The Bertz CT molecular complexity index is 633. The van der Waals surface area contributed by atoms with Gasteiger partial charge in [-0.2, -0.15) is 17.5 Å². The summed E-state index contributed by atoms with van der Waals surface area (Å²) >= 11 is 5.55. The van der Waals surface area contributed by atoms with E-state index in [9.17, 15) is 21.6 Å². The summed E-state index contributed by atoms with van der Waals surface area (Å²) in [4.78, 5) is -0.784. The average Bonchev–Trinajstić information content (AvgIpc) is 2.37. The largest absolute Gasteiger partial charge is 0.417 e. The van der Waals surface area contributed by atoms with Gasteiger partial charge in [0.25, 0.3) is 0 Å². The second kappa shape index (κ2) is 5.75. The summed E-state index contributed by atoms with van der Waals surface area (Å²) in [5, 5.41) is -0.170. The molecule has 1 atom stereocenters. The molecule has 1 aromatic rings. The lowest BCUT2D eigenvalue weighted by Gasteiger charge is -2.31. The van der Waals surface area contributed by atoms with Crippen LogP contribution in [0.2, 0.25) is 5.02 Å². The summed E-state index contributed by atoms with van der Waals surface area (Å²) in [5.74, 6) is 0. The zero-order chi connectivity index (χ0) is 15.8. The fraction of sp³-hybridized carbons (Fsp3) is 0.500. The first-order chi connectivity index (χ1) is 9.62. The van der Waals surface area contributed by atoms with Crippen molar-refractivity contribution in [3.8, 4) is 0 Å². The van der Waals surface area contributed by atoms with E-state index in [1.165, 1.54) is 0 Å². The lowest BCUT2D eigenvalue weighted by molar-refractivity contribution is -0.139. The molecule has 118 valence electrons. The Morgan fingerprint density at radius 3 is 2.62 bits per heavy atom. The highest BCUT2D eigenvalue weighted by Crippen LogP contribution is 2.37. The lowest BCUT2D eigenvalue weighted by Crippen LogP contribution is -2.44. The standard InChI is InChI=1S/C12H13ClF3NO3S/c1-8-7-17(4-5-20-8)21(18,19)11-3-2-9(13)6-10(11)12(14,15)16/h2-3,6,8H,4-5,7H2,1H3/t8-/m0/s1. The van der Waals surface area contributed by atoms with E-state index in [2.05, 4.69) is 0 Å². The van der Waals surface area contributed by atoms with E-state index in [-0.39, 0.29) is 30.8 Å². The molecular formula is C12H13ClF3NO3S. The predicted molar refractivity (Wildman–Crippen MR) is 70.6 cm³/mol. The van der Waals surface area contributed by atoms with Crippen LogP contribution in [0.1, 0.15) is 12.5 Å². The average molecular weight is 344 g/mol. The van der Waals surface area contributed by atoms with Gasteiger partial charge in [-0.15, -0.1) is 0 Å². The minimum atomic E-state index is -4.80. The van der Waals surface area contributed by atoms with Crippen molar-refractivity contribution in [2.75, 3.05) is 19.7 Å². The summed E-state index contributed by atoms with van der Waals surface area (Å²) in [6, 6.07) is 2.65. The van der Waals surface area contributed by atoms with Crippen LogP contribution >= 0.6 is 11.6 Å². The molecule has 21 heavy (non-hydrogen) atoms. The molecule has 0 radical (unpaired) electrons. The number of ether oxygens (including phenoxy) is 1. The highest BCUT2D eigenvalue weighted by atomic mass is 35.5. The Labute approximate surface area is 125 Å². The van der Waals surface area contributed by atoms with E-state index in [1.807, 2.05) is 0 Å². The third-order valence-corrected chi connectivity index (χ3v) is 5.23. The van der Waals surface area contributed by atoms with Crippen LogP contribution < -0.4 is 0 Å². The smallest absolute Gasteiger partial charge is 0.376 e. The van der Waals surface area contributed by atoms with Crippen LogP contribution in [-0.4, -0.2) is 38.5 Å². The van der Waals surface area contributed by atoms with Gasteiger partial charge in [0.15, 0.2) is 0 Å². The quantitative estimate of drug-likeness (QED) is 0.829. The van der Waals surface area contributed by atoms with Gasteiger partial charge in [-0.1, -0.05) is 11.6 Å². The van der Waals surface area contributed by atoms with Gasteiger partial charge >= 0.3 is 6.18 Å². The highest BCUT2D eigenvalue weighted by molar-refractivity contribution is 7.89. The molecule has 0 bridgehead atoms. The summed E-state index contributed by atoms with van der Waals surface area (Å²) in [5.41, 5.74) is -1.26. The fourth-order valence-corrected chi connectivity index (χ4v) is 3.96. The molecule has 0 amide bonds. The molecule has 4 nitrogen and oxygen atoms in total. The monoisotopic (exact) mass is 343 g/mol. The molecule has 0 unspecified atom stereocenters. The van der Waals surface area contributed by atoms with Crippen molar-refractivity contribution in [2.24, 2.45) is 0 Å². The Balaban J connectivity index is 2.50. The summed E-state index contributed by atoms with van der Waals surface area (Å²) in [7, 11) is -4.25. The zero-order valence-electron chi connectivity index (χ0n) is 11.0. The molecule has 1 aliphatic heterocycles. The Kier molecular flexibility index (Phi) is 4.53. The molecule has 1 saturated heterocycles. The van der Waals surface area contributed by atoms with Gasteiger partial charge in [-0.25, -0.2) is 8.42 Å². The number of alkyl halides is 3. The third-order valence-electron chi connectivity index (χ3n) is 3.07. The second-order valence-corrected chi connectivity index (χ2v) is 7.03.